The molecule has 4 heteroatoms. The van der Waals surface area contributed by atoms with Gasteiger partial charge in [0.15, 0.2) is 0 Å². The summed E-state index contributed by atoms with van der Waals surface area (Å²) in [7, 11) is 0. The van der Waals surface area contributed by atoms with E-state index in [0.29, 0.717) is 0 Å². The van der Waals surface area contributed by atoms with Crippen LogP contribution in [0.3, 0.4) is 0 Å². The summed E-state index contributed by atoms with van der Waals surface area (Å²) in [6.07, 6.45) is 0. The van der Waals surface area contributed by atoms with Gasteiger partial charge in [-0.3, -0.25) is 0 Å². The van der Waals surface area contributed by atoms with Crippen LogP contribution in [0, 0.1) is 49.4 Å². The Morgan fingerprint density at radius 3 is 0.500 bits per heavy atom. The maximum atomic E-state index is 0. The van der Waals surface area contributed by atoms with Crippen LogP contribution in [0.2, 0.25) is 0 Å². The molecular weight excluding hydrogens is 209 g/mol. The zero-order valence-electron chi connectivity index (χ0n) is 1.51. The van der Waals surface area contributed by atoms with Gasteiger partial charge in [-0.1, -0.05) is 0 Å². The molecule has 0 N–H and O–H groups in total. The fourth-order valence-electron chi connectivity index (χ4n) is 0. The topological polar surface area (TPSA) is 0 Å². The molecule has 0 nitrogen and oxygen atoms in total. The summed E-state index contributed by atoms with van der Waals surface area (Å²) < 4.78 is 0. The molecule has 0 saturated heterocycles. The molecule has 0 aliphatic heterocycles. The van der Waals surface area contributed by atoms with Crippen molar-refractivity contribution < 1.29 is 63.5 Å². The van der Waals surface area contributed by atoms with Crippen LogP contribution in [-0.2, 0) is 0 Å². The molecule has 1 radical (unpaired) electrons. The summed E-state index contributed by atoms with van der Waals surface area (Å²) in [6.45, 7) is 0. The molecule has 0 saturated carbocycles. The second kappa shape index (κ2) is 26.4. The van der Waals surface area contributed by atoms with Gasteiger partial charge in [0.05, 0.1) is 0 Å². The van der Waals surface area contributed by atoms with E-state index >= 15 is 0 Å². The smallest absolute Gasteiger partial charge is 1.00 e. The minimum Gasteiger partial charge on any atom is -1.00 e. The minimum absolute atomic E-state index is 0. The molecule has 0 heterocycles. The average molecular weight is 209 g/mol. The van der Waals surface area contributed by atoms with Crippen molar-refractivity contribution in [1.82, 2.24) is 0 Å². The fraction of sp³-hybridized carbons (Fsp3) is 0. The van der Waals surface area contributed by atoms with Crippen molar-refractivity contribution in [2.45, 2.75) is 0 Å². The van der Waals surface area contributed by atoms with E-state index in [9.17, 15) is 0 Å². The molecule has 0 aromatic carbocycles. The third-order valence-electron chi connectivity index (χ3n) is 0. The fourth-order valence-corrected chi connectivity index (χ4v) is 0. The Morgan fingerprint density at radius 1 is 0.500 bits per heavy atom. The summed E-state index contributed by atoms with van der Waals surface area (Å²) in [5.74, 6) is 0. The maximum Gasteiger partial charge on any atom is 2.00 e. The van der Waals surface area contributed by atoms with Gasteiger partial charge in [-0.15, -0.1) is 0 Å². The van der Waals surface area contributed by atoms with Crippen LogP contribution in [0.15, 0.2) is 0 Å². The Morgan fingerprint density at radius 2 is 0.500 bits per heavy atom. The minimum atomic E-state index is 0. The van der Waals surface area contributed by atoms with Gasteiger partial charge in [0.25, 0.3) is 0 Å². The molecule has 29 valence electrons. The van der Waals surface area contributed by atoms with Gasteiger partial charge in [-0.2, -0.15) is 0 Å². The monoisotopic (exact) mass is 210 g/mol. The predicted octanol–water partition coefficient (Wildman–Crippen LogP) is -8.99. The Balaban J connectivity index is 0. The van der Waals surface area contributed by atoms with E-state index in [0.717, 1.165) is 0 Å². The SMILES string of the molecule is [Eu+2].[F-].[F-].[F-]. The van der Waals surface area contributed by atoms with Crippen LogP contribution in [0.4, 0.5) is 0 Å². The van der Waals surface area contributed by atoms with Crippen molar-refractivity contribution in [2.24, 2.45) is 0 Å². The molecule has 0 aliphatic carbocycles. The van der Waals surface area contributed by atoms with Gasteiger partial charge in [0, 0.05) is 0 Å². The van der Waals surface area contributed by atoms with Crippen LogP contribution >= 0.6 is 0 Å². The van der Waals surface area contributed by atoms with Crippen LogP contribution < -0.4 is 14.1 Å². The largest absolute Gasteiger partial charge is 2.00 e. The molecule has 0 atom stereocenters. The summed E-state index contributed by atoms with van der Waals surface area (Å²) in [5, 5.41) is 0. The molecule has 0 spiro atoms. The van der Waals surface area contributed by atoms with Crippen LogP contribution in [0.25, 0.3) is 0 Å². The van der Waals surface area contributed by atoms with Gasteiger partial charge in [-0.25, -0.2) is 0 Å². The summed E-state index contributed by atoms with van der Waals surface area (Å²) in [5.41, 5.74) is 0. The van der Waals surface area contributed by atoms with Gasteiger partial charge in [0.1, 0.15) is 0 Å². The van der Waals surface area contributed by atoms with E-state index in [1.807, 2.05) is 0 Å². The van der Waals surface area contributed by atoms with Crippen LogP contribution in [-0.4, -0.2) is 0 Å². The van der Waals surface area contributed by atoms with Gasteiger partial charge >= 0.3 is 49.4 Å². The number of hydrogen-bond donors (Lipinski definition) is 0. The molecule has 0 aromatic heterocycles. The molecule has 0 unspecified atom stereocenters. The first-order valence-electron chi connectivity index (χ1n) is 0. The molecule has 0 fully saturated rings. The Kier molecular flexibility index (Phi) is 359. The quantitative estimate of drug-likeness (QED) is 0.371. The van der Waals surface area contributed by atoms with Crippen LogP contribution in [0.1, 0.15) is 0 Å². The average Bonchev–Trinajstić information content (AvgIpc) is 0. The number of hydrogen-bond acceptors (Lipinski definition) is 0. The zero-order valence-corrected chi connectivity index (χ0v) is 3.94. The van der Waals surface area contributed by atoms with Crippen LogP contribution in [0.5, 0.6) is 0 Å². The second-order valence-electron chi connectivity index (χ2n) is 0. The van der Waals surface area contributed by atoms with Gasteiger partial charge < -0.3 is 14.1 Å². The normalized spacial score (nSPS) is 0. The van der Waals surface area contributed by atoms with Gasteiger partial charge in [0.2, 0.25) is 0 Å². The first-order valence-corrected chi connectivity index (χ1v) is 0. The van der Waals surface area contributed by atoms with Crippen molar-refractivity contribution in [3.63, 3.8) is 0 Å². The van der Waals surface area contributed by atoms with Crippen molar-refractivity contribution in [2.75, 3.05) is 0 Å². The van der Waals surface area contributed by atoms with E-state index in [2.05, 4.69) is 0 Å². The standard InChI is InChI=1S/Eu.3FH/h;3*1H/q+2;;;/p-3. The van der Waals surface area contributed by atoms with E-state index in [1.54, 1.807) is 0 Å². The summed E-state index contributed by atoms with van der Waals surface area (Å²) in [4.78, 5) is 0. The Labute approximate surface area is 62.6 Å². The number of rotatable bonds is 0. The maximum absolute atomic E-state index is 0. The molecule has 0 rings (SSSR count). The summed E-state index contributed by atoms with van der Waals surface area (Å²) in [6, 6.07) is 0. The third kappa shape index (κ3) is 10.1. The van der Waals surface area contributed by atoms with Crippen molar-refractivity contribution in [1.29, 1.82) is 0 Å². The van der Waals surface area contributed by atoms with E-state index in [1.165, 1.54) is 0 Å². The van der Waals surface area contributed by atoms with E-state index in [-0.39, 0.29) is 63.5 Å². The Hall–Kier alpha value is 1.37. The first-order chi connectivity index (χ1) is 0. The molecule has 4 heavy (non-hydrogen) atoms. The third-order valence-corrected chi connectivity index (χ3v) is 0. The van der Waals surface area contributed by atoms with Crippen molar-refractivity contribution >= 4 is 0 Å². The molecular formula is EuF3-. The summed E-state index contributed by atoms with van der Waals surface area (Å²) >= 11 is 0. The van der Waals surface area contributed by atoms with E-state index in [4.69, 9.17) is 0 Å². The zero-order chi connectivity index (χ0) is 0. The van der Waals surface area contributed by atoms with E-state index < -0.39 is 0 Å². The number of halogens is 3. The molecule has 0 aliphatic rings. The predicted molar refractivity (Wildman–Crippen MR) is 0 cm³/mol. The molecule has 0 bridgehead atoms. The first kappa shape index (κ1) is 54.4. The molecule has 0 amide bonds. The second-order valence-corrected chi connectivity index (χ2v) is 0. The molecule has 0 aromatic rings. The van der Waals surface area contributed by atoms with Crippen molar-refractivity contribution in [3.8, 4) is 0 Å². The Bertz CT molecular complexity index is 3.25. The van der Waals surface area contributed by atoms with Crippen molar-refractivity contribution in [3.05, 3.63) is 0 Å². The van der Waals surface area contributed by atoms with Gasteiger partial charge in [-0.05, 0) is 0 Å².